The molecule has 1 fully saturated rings. The van der Waals surface area contributed by atoms with Crippen molar-refractivity contribution >= 4 is 17.8 Å². The van der Waals surface area contributed by atoms with E-state index < -0.39 is 17.5 Å². The molecule has 1 aliphatic rings. The Labute approximate surface area is 110 Å². The topological polar surface area (TPSA) is 101 Å². The number of esters is 1. The van der Waals surface area contributed by atoms with Crippen LogP contribution in [0.25, 0.3) is 0 Å². The van der Waals surface area contributed by atoms with Gasteiger partial charge in [0, 0.05) is 0 Å². The summed E-state index contributed by atoms with van der Waals surface area (Å²) in [5.74, 6) is -1.09. The van der Waals surface area contributed by atoms with E-state index in [1.54, 1.807) is 6.92 Å². The van der Waals surface area contributed by atoms with E-state index in [1.807, 2.05) is 0 Å². The molecule has 1 heterocycles. The van der Waals surface area contributed by atoms with Gasteiger partial charge < -0.3 is 15.2 Å². The van der Waals surface area contributed by atoms with Gasteiger partial charge in [-0.05, 0) is 37.8 Å². The van der Waals surface area contributed by atoms with Gasteiger partial charge in [0.25, 0.3) is 0 Å². The fourth-order valence-electron chi connectivity index (χ4n) is 1.87. The van der Waals surface area contributed by atoms with Gasteiger partial charge in [0.2, 0.25) is 0 Å². The molecular weight excluding hydrogens is 250 g/mol. The molecule has 7 nitrogen and oxygen atoms in total. The van der Waals surface area contributed by atoms with Crippen LogP contribution in [0.15, 0.2) is 12.1 Å². The highest BCUT2D eigenvalue weighted by Gasteiger charge is 2.47. The summed E-state index contributed by atoms with van der Waals surface area (Å²) in [6.07, 6.45) is 1.76. The summed E-state index contributed by atoms with van der Waals surface area (Å²) in [5.41, 5.74) is -0.974. The highest BCUT2D eigenvalue weighted by atomic mass is 16.5. The van der Waals surface area contributed by atoms with Crippen LogP contribution in [0.5, 0.6) is 0 Å². The molecule has 7 heteroatoms. The molecule has 0 radical (unpaired) electrons. The molecule has 0 amide bonds. The second-order valence-electron chi connectivity index (χ2n) is 4.70. The summed E-state index contributed by atoms with van der Waals surface area (Å²) in [5, 5.41) is 19.7. The van der Waals surface area contributed by atoms with Crippen molar-refractivity contribution in [1.29, 1.82) is 0 Å². The number of carbonyl (C=O) groups is 2. The van der Waals surface area contributed by atoms with E-state index in [1.165, 1.54) is 19.2 Å². The van der Waals surface area contributed by atoms with E-state index in [4.69, 9.17) is 0 Å². The summed E-state index contributed by atoms with van der Waals surface area (Å²) in [7, 11) is 1.25. The number of carboxylic acids is 1. The first-order chi connectivity index (χ1) is 8.97. The van der Waals surface area contributed by atoms with Gasteiger partial charge in [0.1, 0.15) is 11.4 Å². The number of carboxylic acid groups (broad SMARTS) is 1. The lowest BCUT2D eigenvalue weighted by atomic mass is 9.96. The molecule has 1 aliphatic carbocycles. The molecule has 2 N–H and O–H groups in total. The molecule has 0 bridgehead atoms. The molecule has 0 aromatic carbocycles. The number of aromatic nitrogens is 2. The van der Waals surface area contributed by atoms with Crippen molar-refractivity contribution in [3.8, 4) is 0 Å². The molecule has 1 atom stereocenters. The summed E-state index contributed by atoms with van der Waals surface area (Å²) in [6.45, 7) is 1.63. The Kier molecular flexibility index (Phi) is 3.37. The van der Waals surface area contributed by atoms with Crippen LogP contribution in [0.2, 0.25) is 0 Å². The van der Waals surface area contributed by atoms with Gasteiger partial charge in [-0.3, -0.25) is 0 Å². The number of carbonyl (C=O) groups excluding carboxylic acids is 1. The molecular formula is C12H15N3O4. The second kappa shape index (κ2) is 4.83. The molecule has 1 aromatic heterocycles. The minimum absolute atomic E-state index is 0.0801. The van der Waals surface area contributed by atoms with Crippen molar-refractivity contribution < 1.29 is 19.4 Å². The van der Waals surface area contributed by atoms with Gasteiger partial charge in [-0.1, -0.05) is 0 Å². The number of hydrogen-bond acceptors (Lipinski definition) is 6. The average Bonchev–Trinajstić information content (AvgIpc) is 3.23. The molecule has 102 valence electrons. The number of anilines is 1. The summed E-state index contributed by atoms with van der Waals surface area (Å²) in [6, 6.07) is 2.96. The quantitative estimate of drug-likeness (QED) is 0.763. The summed E-state index contributed by atoms with van der Waals surface area (Å²) >= 11 is 0. The number of nitrogens with zero attached hydrogens (tertiary/aromatic N) is 2. The van der Waals surface area contributed by atoms with Crippen molar-refractivity contribution in [3.05, 3.63) is 17.8 Å². The first kappa shape index (κ1) is 13.3. The third-order valence-electron chi connectivity index (χ3n) is 3.28. The number of ether oxygens (including phenoxy) is 1. The van der Waals surface area contributed by atoms with Gasteiger partial charge in [0.15, 0.2) is 5.69 Å². The predicted molar refractivity (Wildman–Crippen MR) is 65.8 cm³/mol. The highest BCUT2D eigenvalue weighted by molar-refractivity contribution is 5.87. The van der Waals surface area contributed by atoms with Crippen LogP contribution < -0.4 is 5.32 Å². The third-order valence-corrected chi connectivity index (χ3v) is 3.28. The largest absolute Gasteiger partial charge is 0.480 e. The van der Waals surface area contributed by atoms with E-state index >= 15 is 0 Å². The van der Waals surface area contributed by atoms with Crippen LogP contribution in [0, 0.1) is 5.92 Å². The molecule has 1 saturated carbocycles. The van der Waals surface area contributed by atoms with Crippen molar-refractivity contribution in [2.45, 2.75) is 25.3 Å². The zero-order valence-corrected chi connectivity index (χ0v) is 10.7. The number of hydrogen-bond donors (Lipinski definition) is 2. The lowest BCUT2D eigenvalue weighted by Crippen LogP contribution is -2.45. The standard InChI is InChI=1S/C12H15N3O4/c1-12(11(17)18,7-3-4-7)13-9-6-5-8(14-15-9)10(16)19-2/h5-7H,3-4H2,1-2H3,(H,13,15)(H,17,18). The smallest absolute Gasteiger partial charge is 0.358 e. The first-order valence-electron chi connectivity index (χ1n) is 5.91. The lowest BCUT2D eigenvalue weighted by molar-refractivity contribution is -0.142. The Hall–Kier alpha value is -2.18. The zero-order valence-electron chi connectivity index (χ0n) is 10.7. The first-order valence-corrected chi connectivity index (χ1v) is 5.91. The Morgan fingerprint density at radius 2 is 2.11 bits per heavy atom. The maximum atomic E-state index is 11.3. The third kappa shape index (κ3) is 2.64. The number of aliphatic carboxylic acids is 1. The minimum Gasteiger partial charge on any atom is -0.480 e. The van der Waals surface area contributed by atoms with Crippen molar-refractivity contribution in [2.75, 3.05) is 12.4 Å². The summed E-state index contributed by atoms with van der Waals surface area (Å²) in [4.78, 5) is 22.5. The average molecular weight is 265 g/mol. The number of methoxy groups -OCH3 is 1. The van der Waals surface area contributed by atoms with Crippen molar-refractivity contribution in [2.24, 2.45) is 5.92 Å². The molecule has 0 saturated heterocycles. The fraction of sp³-hybridized carbons (Fsp3) is 0.500. The number of rotatable bonds is 5. The zero-order chi connectivity index (χ0) is 14.0. The highest BCUT2D eigenvalue weighted by Crippen LogP contribution is 2.41. The van der Waals surface area contributed by atoms with Crippen LogP contribution in [0.3, 0.4) is 0 Å². The molecule has 0 aliphatic heterocycles. The SMILES string of the molecule is COC(=O)c1ccc(NC(C)(C(=O)O)C2CC2)nn1. The van der Waals surface area contributed by atoms with E-state index in [9.17, 15) is 14.7 Å². The molecule has 1 unspecified atom stereocenters. The van der Waals surface area contributed by atoms with Gasteiger partial charge in [-0.2, -0.15) is 0 Å². The van der Waals surface area contributed by atoms with Crippen LogP contribution in [-0.4, -0.2) is 39.9 Å². The maximum absolute atomic E-state index is 11.3. The Balaban J connectivity index is 2.14. The fourth-order valence-corrected chi connectivity index (χ4v) is 1.87. The van der Waals surface area contributed by atoms with E-state index in [-0.39, 0.29) is 11.6 Å². The lowest BCUT2D eigenvalue weighted by Gasteiger charge is -2.26. The molecule has 19 heavy (non-hydrogen) atoms. The van der Waals surface area contributed by atoms with E-state index in [2.05, 4.69) is 20.3 Å². The Bertz CT molecular complexity index is 498. The van der Waals surface area contributed by atoms with Crippen molar-refractivity contribution in [3.63, 3.8) is 0 Å². The molecule has 2 rings (SSSR count). The molecule has 0 spiro atoms. The van der Waals surface area contributed by atoms with Gasteiger partial charge in [-0.25, -0.2) is 9.59 Å². The van der Waals surface area contributed by atoms with Gasteiger partial charge >= 0.3 is 11.9 Å². The molecule has 1 aromatic rings. The minimum atomic E-state index is -1.05. The van der Waals surface area contributed by atoms with E-state index in [0.717, 1.165) is 12.8 Å². The van der Waals surface area contributed by atoms with Crippen LogP contribution in [-0.2, 0) is 9.53 Å². The monoisotopic (exact) mass is 265 g/mol. The Morgan fingerprint density at radius 1 is 1.42 bits per heavy atom. The van der Waals surface area contributed by atoms with E-state index in [0.29, 0.717) is 5.82 Å². The van der Waals surface area contributed by atoms with Crippen LogP contribution in [0.4, 0.5) is 5.82 Å². The summed E-state index contributed by atoms with van der Waals surface area (Å²) < 4.78 is 4.51. The van der Waals surface area contributed by atoms with Gasteiger partial charge in [0.05, 0.1) is 7.11 Å². The second-order valence-corrected chi connectivity index (χ2v) is 4.70. The van der Waals surface area contributed by atoms with Crippen LogP contribution >= 0.6 is 0 Å². The normalized spacial score (nSPS) is 17.4. The maximum Gasteiger partial charge on any atom is 0.358 e. The van der Waals surface area contributed by atoms with Gasteiger partial charge in [-0.15, -0.1) is 10.2 Å². The van der Waals surface area contributed by atoms with Crippen LogP contribution in [0.1, 0.15) is 30.3 Å². The van der Waals surface area contributed by atoms with Crippen molar-refractivity contribution in [1.82, 2.24) is 10.2 Å². The Morgan fingerprint density at radius 3 is 2.53 bits per heavy atom. The predicted octanol–water partition coefficient (Wildman–Crippen LogP) is 0.928. The number of nitrogens with one attached hydrogen (secondary N) is 1.